The summed E-state index contributed by atoms with van der Waals surface area (Å²) in [7, 11) is -2.61. The molecule has 0 saturated heterocycles. The van der Waals surface area contributed by atoms with E-state index in [2.05, 4.69) is 15.1 Å². The van der Waals surface area contributed by atoms with Gasteiger partial charge in [-0.2, -0.15) is 5.10 Å². The van der Waals surface area contributed by atoms with Gasteiger partial charge in [0.1, 0.15) is 11.4 Å². The van der Waals surface area contributed by atoms with Crippen molar-refractivity contribution in [2.24, 2.45) is 0 Å². The Morgan fingerprint density at radius 1 is 1.35 bits per heavy atom. The first kappa shape index (κ1) is 14.3. The van der Waals surface area contributed by atoms with Gasteiger partial charge in [0.25, 0.3) is 16.4 Å². The summed E-state index contributed by atoms with van der Waals surface area (Å²) in [5, 5.41) is 3.59. The first-order valence-electron chi connectivity index (χ1n) is 5.47. The van der Waals surface area contributed by atoms with Gasteiger partial charge in [-0.1, -0.05) is 0 Å². The van der Waals surface area contributed by atoms with E-state index >= 15 is 0 Å². The van der Waals surface area contributed by atoms with Crippen LogP contribution >= 0.6 is 0 Å². The second kappa shape index (κ2) is 5.49. The average Bonchev–Trinajstić information content (AvgIpc) is 2.87. The molecule has 108 valence electrons. The molecule has 0 saturated carbocycles. The van der Waals surface area contributed by atoms with E-state index in [0.29, 0.717) is 0 Å². The van der Waals surface area contributed by atoms with E-state index < -0.39 is 23.0 Å². The Hall–Kier alpha value is -2.10. The highest BCUT2D eigenvalue weighted by Crippen LogP contribution is 2.18. The maximum atomic E-state index is 12.2. The highest BCUT2D eigenvalue weighted by Gasteiger charge is 2.24. The van der Waals surface area contributed by atoms with Crippen molar-refractivity contribution in [3.05, 3.63) is 31.0 Å². The van der Waals surface area contributed by atoms with E-state index in [0.717, 1.165) is 21.4 Å². The SMILES string of the molecule is CN(c1cnccn1)S(=O)(=O)c1cnn(CC(F)F)c1. The van der Waals surface area contributed by atoms with Crippen molar-refractivity contribution in [1.82, 2.24) is 19.7 Å². The normalized spacial score (nSPS) is 11.8. The lowest BCUT2D eigenvalue weighted by Gasteiger charge is -2.16. The van der Waals surface area contributed by atoms with Gasteiger partial charge in [0.15, 0.2) is 5.82 Å². The van der Waals surface area contributed by atoms with Crippen molar-refractivity contribution in [2.45, 2.75) is 17.9 Å². The predicted molar refractivity (Wildman–Crippen MR) is 65.9 cm³/mol. The van der Waals surface area contributed by atoms with Crippen LogP contribution < -0.4 is 4.31 Å². The van der Waals surface area contributed by atoms with E-state index in [1.807, 2.05) is 0 Å². The Kier molecular flexibility index (Phi) is 3.93. The molecule has 2 rings (SSSR count). The molecule has 2 aromatic heterocycles. The van der Waals surface area contributed by atoms with Gasteiger partial charge in [-0.05, 0) is 0 Å². The van der Waals surface area contributed by atoms with Gasteiger partial charge in [-0.3, -0.25) is 14.0 Å². The first-order valence-corrected chi connectivity index (χ1v) is 6.91. The molecule has 0 aliphatic heterocycles. The molecule has 0 amide bonds. The van der Waals surface area contributed by atoms with E-state index in [4.69, 9.17) is 0 Å². The van der Waals surface area contributed by atoms with Crippen LogP contribution in [-0.2, 0) is 16.6 Å². The Bertz CT molecular complexity index is 674. The molecule has 0 aliphatic rings. The fraction of sp³-hybridized carbons (Fsp3) is 0.300. The number of alkyl halides is 2. The zero-order chi connectivity index (χ0) is 14.8. The summed E-state index contributed by atoms with van der Waals surface area (Å²) in [5.74, 6) is 0.120. The molecule has 0 radical (unpaired) electrons. The topological polar surface area (TPSA) is 81.0 Å². The second-order valence-electron chi connectivity index (χ2n) is 3.83. The zero-order valence-corrected chi connectivity index (χ0v) is 11.2. The minimum absolute atomic E-state index is 0.120. The molecule has 0 spiro atoms. The summed E-state index contributed by atoms with van der Waals surface area (Å²) in [6, 6.07) is 0. The van der Waals surface area contributed by atoms with Crippen molar-refractivity contribution in [2.75, 3.05) is 11.4 Å². The average molecular weight is 303 g/mol. The van der Waals surface area contributed by atoms with Gasteiger partial charge in [-0.25, -0.2) is 22.2 Å². The molecule has 0 aliphatic carbocycles. The molecule has 20 heavy (non-hydrogen) atoms. The lowest BCUT2D eigenvalue weighted by molar-refractivity contribution is 0.121. The van der Waals surface area contributed by atoms with E-state index in [1.165, 1.54) is 25.6 Å². The van der Waals surface area contributed by atoms with Gasteiger partial charge < -0.3 is 0 Å². The summed E-state index contributed by atoms with van der Waals surface area (Å²) in [4.78, 5) is 7.44. The molecule has 0 bridgehead atoms. The van der Waals surface area contributed by atoms with Gasteiger partial charge in [0, 0.05) is 25.6 Å². The zero-order valence-electron chi connectivity index (χ0n) is 10.4. The molecule has 0 atom stereocenters. The molecule has 0 N–H and O–H groups in total. The van der Waals surface area contributed by atoms with Crippen LogP contribution in [0, 0.1) is 0 Å². The monoisotopic (exact) mass is 303 g/mol. The molecular weight excluding hydrogens is 292 g/mol. The number of anilines is 1. The van der Waals surface area contributed by atoms with Gasteiger partial charge in [0.05, 0.1) is 12.4 Å². The molecule has 7 nitrogen and oxygen atoms in total. The minimum atomic E-state index is -3.90. The summed E-state index contributed by atoms with van der Waals surface area (Å²) >= 11 is 0. The first-order chi connectivity index (χ1) is 9.41. The number of sulfonamides is 1. The Balaban J connectivity index is 2.28. The largest absolute Gasteiger partial charge is 0.268 e. The maximum Gasteiger partial charge on any atom is 0.268 e. The van der Waals surface area contributed by atoms with Crippen LogP contribution in [0.15, 0.2) is 35.9 Å². The molecule has 2 aromatic rings. The highest BCUT2D eigenvalue weighted by molar-refractivity contribution is 7.92. The predicted octanol–water partition coefficient (Wildman–Crippen LogP) is 0.763. The fourth-order valence-electron chi connectivity index (χ4n) is 1.45. The summed E-state index contributed by atoms with van der Waals surface area (Å²) in [6.45, 7) is -0.662. The highest BCUT2D eigenvalue weighted by atomic mass is 32.2. The summed E-state index contributed by atoms with van der Waals surface area (Å²) in [5.41, 5.74) is 0. The van der Waals surface area contributed by atoms with Crippen LogP contribution in [0.4, 0.5) is 14.6 Å². The lowest BCUT2D eigenvalue weighted by atomic mass is 10.6. The van der Waals surface area contributed by atoms with Crippen LogP contribution in [0.2, 0.25) is 0 Å². The molecular formula is C10H11F2N5O2S. The number of halogens is 2. The van der Waals surface area contributed by atoms with Gasteiger partial charge in [0.2, 0.25) is 0 Å². The standard InChI is InChI=1S/C10H11F2N5O2S/c1-16(10-5-13-2-3-14-10)20(18,19)8-4-15-17(6-8)7-9(11)12/h2-6,9H,7H2,1H3. The number of nitrogens with zero attached hydrogens (tertiary/aromatic N) is 5. The lowest BCUT2D eigenvalue weighted by Crippen LogP contribution is -2.27. The van der Waals surface area contributed by atoms with E-state index in [-0.39, 0.29) is 10.7 Å². The van der Waals surface area contributed by atoms with Crippen molar-refractivity contribution in [3.63, 3.8) is 0 Å². The smallest absolute Gasteiger partial charge is 0.266 e. The van der Waals surface area contributed by atoms with Crippen LogP contribution in [0.1, 0.15) is 0 Å². The third kappa shape index (κ3) is 2.90. The van der Waals surface area contributed by atoms with Crippen molar-refractivity contribution in [3.8, 4) is 0 Å². The second-order valence-corrected chi connectivity index (χ2v) is 5.79. The quantitative estimate of drug-likeness (QED) is 0.814. The van der Waals surface area contributed by atoms with Crippen molar-refractivity contribution >= 4 is 15.8 Å². The minimum Gasteiger partial charge on any atom is -0.266 e. The van der Waals surface area contributed by atoms with E-state index in [1.54, 1.807) is 0 Å². The summed E-state index contributed by atoms with van der Waals surface area (Å²) in [6.07, 6.45) is 3.50. The molecule has 10 heteroatoms. The third-order valence-corrected chi connectivity index (χ3v) is 4.18. The third-order valence-electron chi connectivity index (χ3n) is 2.47. The van der Waals surface area contributed by atoms with Crippen LogP contribution in [-0.4, -0.2) is 41.6 Å². The Morgan fingerprint density at radius 3 is 2.70 bits per heavy atom. The summed E-state index contributed by atoms with van der Waals surface area (Å²) < 4.78 is 50.7. The van der Waals surface area contributed by atoms with Crippen molar-refractivity contribution in [1.29, 1.82) is 0 Å². The molecule has 0 aromatic carbocycles. The Morgan fingerprint density at radius 2 is 2.10 bits per heavy atom. The van der Waals surface area contributed by atoms with Crippen molar-refractivity contribution < 1.29 is 17.2 Å². The molecule has 0 fully saturated rings. The van der Waals surface area contributed by atoms with Crippen LogP contribution in [0.3, 0.4) is 0 Å². The van der Waals surface area contributed by atoms with E-state index in [9.17, 15) is 17.2 Å². The number of hydrogen-bond acceptors (Lipinski definition) is 5. The van der Waals surface area contributed by atoms with Crippen LogP contribution in [0.25, 0.3) is 0 Å². The van der Waals surface area contributed by atoms with Crippen LogP contribution in [0.5, 0.6) is 0 Å². The Labute approximate surface area is 113 Å². The number of hydrogen-bond donors (Lipinski definition) is 0. The fourth-order valence-corrected chi connectivity index (χ4v) is 2.55. The number of aromatic nitrogens is 4. The maximum absolute atomic E-state index is 12.2. The van der Waals surface area contributed by atoms with Gasteiger partial charge >= 0.3 is 0 Å². The number of rotatable bonds is 5. The molecule has 0 unspecified atom stereocenters. The van der Waals surface area contributed by atoms with Gasteiger partial charge in [-0.15, -0.1) is 0 Å². The molecule has 2 heterocycles.